The van der Waals surface area contributed by atoms with Crippen LogP contribution in [0.25, 0.3) is 0 Å². The third-order valence-electron chi connectivity index (χ3n) is 1.79. The number of hydrogen-bond acceptors (Lipinski definition) is 6. The maximum atomic E-state index is 11.1. The van der Waals surface area contributed by atoms with E-state index in [2.05, 4.69) is 9.57 Å². The molecular weight excluding hydrogens is 218 g/mol. The summed E-state index contributed by atoms with van der Waals surface area (Å²) < 4.78 is 4.50. The Morgan fingerprint density at radius 2 is 1.75 bits per heavy atom. The summed E-state index contributed by atoms with van der Waals surface area (Å²) in [6.45, 7) is 1.74. The number of ether oxygens (including phenoxy) is 1. The summed E-state index contributed by atoms with van der Waals surface area (Å²) in [5.41, 5.74) is 0. The van der Waals surface area contributed by atoms with Gasteiger partial charge in [-0.25, -0.2) is 4.79 Å². The highest BCUT2D eigenvalue weighted by Gasteiger charge is 2.33. The van der Waals surface area contributed by atoms with Gasteiger partial charge in [0, 0.05) is 12.8 Å². The summed E-state index contributed by atoms with van der Waals surface area (Å²) in [7, 11) is 0. The molecule has 0 bridgehead atoms. The molecule has 0 aliphatic carbocycles. The number of esters is 1. The molecule has 0 radical (unpaired) electrons. The Balaban J connectivity index is 2.42. The molecule has 88 valence electrons. The van der Waals surface area contributed by atoms with E-state index in [0.717, 1.165) is 0 Å². The fourth-order valence-electron chi connectivity index (χ4n) is 1.12. The molecule has 0 spiro atoms. The van der Waals surface area contributed by atoms with Crippen LogP contribution in [0.1, 0.15) is 26.2 Å². The molecule has 0 atom stereocenters. The van der Waals surface area contributed by atoms with Gasteiger partial charge in [0.2, 0.25) is 0 Å². The molecule has 0 saturated carbocycles. The molecule has 0 aromatic heterocycles. The van der Waals surface area contributed by atoms with Gasteiger partial charge in [-0.05, 0) is 6.92 Å². The van der Waals surface area contributed by atoms with Crippen molar-refractivity contribution < 1.29 is 28.8 Å². The van der Waals surface area contributed by atoms with Crippen LogP contribution in [-0.2, 0) is 28.8 Å². The van der Waals surface area contributed by atoms with Crippen LogP contribution >= 0.6 is 0 Å². The van der Waals surface area contributed by atoms with Crippen LogP contribution in [0.15, 0.2) is 0 Å². The lowest BCUT2D eigenvalue weighted by molar-refractivity contribution is -0.198. The minimum Gasteiger partial charge on any atom is -0.466 e. The van der Waals surface area contributed by atoms with Crippen molar-refractivity contribution >= 4 is 23.8 Å². The summed E-state index contributed by atoms with van der Waals surface area (Å²) in [4.78, 5) is 48.5. The first-order valence-corrected chi connectivity index (χ1v) is 4.76. The molecule has 1 saturated heterocycles. The molecule has 1 fully saturated rings. The van der Waals surface area contributed by atoms with E-state index < -0.39 is 30.2 Å². The first kappa shape index (κ1) is 12.2. The van der Waals surface area contributed by atoms with Crippen molar-refractivity contribution in [3.8, 4) is 0 Å². The zero-order valence-corrected chi connectivity index (χ0v) is 8.73. The second-order valence-corrected chi connectivity index (χ2v) is 3.03. The van der Waals surface area contributed by atoms with E-state index in [-0.39, 0.29) is 19.4 Å². The molecule has 2 amide bonds. The molecule has 0 aromatic rings. The number of carbonyl (C=O) groups excluding carboxylic acids is 4. The van der Waals surface area contributed by atoms with E-state index in [1.165, 1.54) is 0 Å². The second kappa shape index (κ2) is 5.24. The smallest absolute Gasteiger partial charge is 0.344 e. The first-order valence-electron chi connectivity index (χ1n) is 4.76. The molecule has 1 heterocycles. The topological polar surface area (TPSA) is 90.0 Å². The average Bonchev–Trinajstić information content (AvgIpc) is 2.49. The molecule has 0 aromatic carbocycles. The number of imide groups is 1. The molecule has 1 rings (SSSR count). The van der Waals surface area contributed by atoms with Crippen molar-refractivity contribution in [3.63, 3.8) is 0 Å². The second-order valence-electron chi connectivity index (χ2n) is 3.03. The number of nitrogens with zero attached hydrogens (tertiary/aromatic N) is 1. The van der Waals surface area contributed by atoms with Gasteiger partial charge in [-0.2, -0.15) is 0 Å². The van der Waals surface area contributed by atoms with E-state index >= 15 is 0 Å². The summed E-state index contributed by atoms with van der Waals surface area (Å²) >= 11 is 0. The Morgan fingerprint density at radius 1 is 1.19 bits per heavy atom. The van der Waals surface area contributed by atoms with Crippen LogP contribution in [-0.4, -0.2) is 35.4 Å². The highest BCUT2D eigenvalue weighted by Crippen LogP contribution is 2.12. The molecule has 0 N–H and O–H groups in total. The zero-order valence-electron chi connectivity index (χ0n) is 8.73. The van der Waals surface area contributed by atoms with Crippen molar-refractivity contribution in [3.05, 3.63) is 0 Å². The summed E-state index contributed by atoms with van der Waals surface area (Å²) in [5, 5.41) is 0.390. The first-order chi connectivity index (χ1) is 7.54. The number of hydrogen-bond donors (Lipinski definition) is 0. The fraction of sp³-hybridized carbons (Fsp3) is 0.556. The van der Waals surface area contributed by atoms with Crippen molar-refractivity contribution in [1.29, 1.82) is 0 Å². The molecular formula is C9H11NO6. The monoisotopic (exact) mass is 229 g/mol. The van der Waals surface area contributed by atoms with Crippen molar-refractivity contribution in [2.24, 2.45) is 0 Å². The van der Waals surface area contributed by atoms with Gasteiger partial charge in [-0.1, -0.05) is 0 Å². The fourth-order valence-corrected chi connectivity index (χ4v) is 1.12. The molecule has 16 heavy (non-hydrogen) atoms. The van der Waals surface area contributed by atoms with Gasteiger partial charge in [-0.3, -0.25) is 14.4 Å². The predicted octanol–water partition coefficient (Wildman–Crippen LogP) is -0.453. The number of rotatable bonds is 4. The van der Waals surface area contributed by atoms with E-state index in [9.17, 15) is 19.2 Å². The van der Waals surface area contributed by atoms with Crippen LogP contribution < -0.4 is 0 Å². The van der Waals surface area contributed by atoms with Gasteiger partial charge < -0.3 is 9.57 Å². The third kappa shape index (κ3) is 3.04. The van der Waals surface area contributed by atoms with Crippen LogP contribution in [0.3, 0.4) is 0 Å². The molecule has 1 aliphatic heterocycles. The van der Waals surface area contributed by atoms with Gasteiger partial charge in [0.25, 0.3) is 11.8 Å². The summed E-state index contributed by atoms with van der Waals surface area (Å²) in [6.07, 6.45) is -0.581. The van der Waals surface area contributed by atoms with E-state index in [1.807, 2.05) is 0 Å². The average molecular weight is 229 g/mol. The van der Waals surface area contributed by atoms with Crippen molar-refractivity contribution in [2.75, 3.05) is 6.61 Å². The number of amides is 2. The lowest BCUT2D eigenvalue weighted by Crippen LogP contribution is -2.32. The molecule has 0 unspecified atom stereocenters. The third-order valence-corrected chi connectivity index (χ3v) is 1.79. The van der Waals surface area contributed by atoms with Gasteiger partial charge >= 0.3 is 11.9 Å². The van der Waals surface area contributed by atoms with Gasteiger partial charge in [0.1, 0.15) is 6.42 Å². The standard InChI is InChI=1S/C9H11NO6/c1-2-15-8(13)5-9(14)16-10-6(11)3-4-7(10)12/h2-5H2,1H3. The number of hydroxylamine groups is 2. The van der Waals surface area contributed by atoms with E-state index in [1.54, 1.807) is 6.92 Å². The molecule has 7 heteroatoms. The number of carbonyl (C=O) groups is 4. The quantitative estimate of drug-likeness (QED) is 0.368. The highest BCUT2D eigenvalue weighted by molar-refractivity contribution is 6.02. The predicted molar refractivity (Wildman–Crippen MR) is 48.4 cm³/mol. The maximum Gasteiger partial charge on any atom is 0.344 e. The van der Waals surface area contributed by atoms with Crippen LogP contribution in [0.4, 0.5) is 0 Å². The lowest BCUT2D eigenvalue weighted by Gasteiger charge is -2.11. The van der Waals surface area contributed by atoms with Crippen molar-refractivity contribution in [1.82, 2.24) is 5.06 Å². The Kier molecular flexibility index (Phi) is 3.98. The zero-order chi connectivity index (χ0) is 12.1. The van der Waals surface area contributed by atoms with E-state index in [4.69, 9.17) is 0 Å². The largest absolute Gasteiger partial charge is 0.466 e. The van der Waals surface area contributed by atoms with E-state index in [0.29, 0.717) is 5.06 Å². The highest BCUT2D eigenvalue weighted by atomic mass is 16.7. The van der Waals surface area contributed by atoms with Crippen LogP contribution in [0.2, 0.25) is 0 Å². The SMILES string of the molecule is CCOC(=O)CC(=O)ON1C(=O)CCC1=O. The van der Waals surface area contributed by atoms with Crippen LogP contribution in [0, 0.1) is 0 Å². The van der Waals surface area contributed by atoms with Crippen LogP contribution in [0.5, 0.6) is 0 Å². The van der Waals surface area contributed by atoms with Gasteiger partial charge in [0.05, 0.1) is 6.61 Å². The summed E-state index contributed by atoms with van der Waals surface area (Å²) in [5.74, 6) is -2.90. The van der Waals surface area contributed by atoms with Gasteiger partial charge in [0.15, 0.2) is 0 Å². The van der Waals surface area contributed by atoms with Crippen molar-refractivity contribution in [2.45, 2.75) is 26.2 Å². The normalized spacial score (nSPS) is 15.2. The summed E-state index contributed by atoms with van der Waals surface area (Å²) in [6, 6.07) is 0. The minimum absolute atomic E-state index is 0.0194. The maximum absolute atomic E-state index is 11.1. The lowest BCUT2D eigenvalue weighted by atomic mass is 10.4. The van der Waals surface area contributed by atoms with Gasteiger partial charge in [-0.15, -0.1) is 5.06 Å². The Morgan fingerprint density at radius 3 is 2.25 bits per heavy atom. The molecule has 7 nitrogen and oxygen atoms in total. The Bertz CT molecular complexity index is 321. The molecule has 1 aliphatic rings. The minimum atomic E-state index is -0.984. The Labute approximate surface area is 91.2 Å². The Hall–Kier alpha value is -1.92.